The van der Waals surface area contributed by atoms with Gasteiger partial charge in [0.05, 0.1) is 17.1 Å². The second-order valence-corrected chi connectivity index (χ2v) is 6.51. The largest absolute Gasteiger partial charge is 0.306 e. The van der Waals surface area contributed by atoms with Gasteiger partial charge in [-0.15, -0.1) is 11.3 Å². The molecule has 0 aromatic carbocycles. The lowest BCUT2D eigenvalue weighted by atomic mass is 9.94. The molecule has 0 fully saturated rings. The molecule has 0 aliphatic rings. The van der Waals surface area contributed by atoms with Crippen LogP contribution in [0.4, 0.5) is 0 Å². The standard InChI is InChI=1S/C13H14N4OS/c1-13(2,3)9-4-8-11(18)16-10(17-12(8)19-9)7-5-14-15-6-7/h4-6H,1-3H3,(H,14,15)(H,16,17,18). The molecule has 6 heteroatoms. The third kappa shape index (κ3) is 2.08. The van der Waals surface area contributed by atoms with Crippen LogP contribution in [0.3, 0.4) is 0 Å². The predicted octanol–water partition coefficient (Wildman–Crippen LogP) is 2.67. The number of rotatable bonds is 1. The van der Waals surface area contributed by atoms with Crippen molar-refractivity contribution in [3.05, 3.63) is 33.7 Å². The summed E-state index contributed by atoms with van der Waals surface area (Å²) in [6.45, 7) is 6.38. The molecule has 0 spiro atoms. The molecule has 0 aliphatic carbocycles. The van der Waals surface area contributed by atoms with Crippen LogP contribution in [0, 0.1) is 0 Å². The minimum Gasteiger partial charge on any atom is -0.306 e. The van der Waals surface area contributed by atoms with Crippen LogP contribution in [0.5, 0.6) is 0 Å². The quantitative estimate of drug-likeness (QED) is 0.716. The van der Waals surface area contributed by atoms with Gasteiger partial charge in [0.15, 0.2) is 0 Å². The van der Waals surface area contributed by atoms with Gasteiger partial charge in [-0.05, 0) is 11.5 Å². The molecule has 3 rings (SSSR count). The van der Waals surface area contributed by atoms with Gasteiger partial charge in [0.25, 0.3) is 5.56 Å². The maximum Gasteiger partial charge on any atom is 0.259 e. The van der Waals surface area contributed by atoms with Crippen molar-refractivity contribution < 1.29 is 0 Å². The monoisotopic (exact) mass is 274 g/mol. The fourth-order valence-electron chi connectivity index (χ4n) is 1.82. The second kappa shape index (κ2) is 4.03. The molecule has 0 bridgehead atoms. The SMILES string of the molecule is CC(C)(C)c1cc2c(=O)[nH]c(-c3cn[nH]c3)nc2s1. The Hall–Kier alpha value is -1.95. The Morgan fingerprint density at radius 1 is 1.32 bits per heavy atom. The molecular weight excluding hydrogens is 260 g/mol. The lowest BCUT2D eigenvalue weighted by Gasteiger charge is -2.14. The fraction of sp³-hybridized carbons (Fsp3) is 0.308. The van der Waals surface area contributed by atoms with Crippen molar-refractivity contribution in [3.8, 4) is 11.4 Å². The summed E-state index contributed by atoms with van der Waals surface area (Å²) in [5.41, 5.74) is 0.700. The number of hydrogen-bond donors (Lipinski definition) is 2. The zero-order chi connectivity index (χ0) is 13.6. The lowest BCUT2D eigenvalue weighted by Crippen LogP contribution is -2.09. The molecule has 3 aromatic heterocycles. The van der Waals surface area contributed by atoms with Gasteiger partial charge in [-0.25, -0.2) is 4.98 Å². The number of aromatic nitrogens is 4. The topological polar surface area (TPSA) is 74.4 Å². The first-order valence-corrected chi connectivity index (χ1v) is 6.80. The van der Waals surface area contributed by atoms with E-state index in [1.807, 2.05) is 6.07 Å². The summed E-state index contributed by atoms with van der Waals surface area (Å²) in [6.07, 6.45) is 3.35. The maximum atomic E-state index is 12.1. The van der Waals surface area contributed by atoms with Gasteiger partial charge < -0.3 is 4.98 Å². The van der Waals surface area contributed by atoms with Crippen LogP contribution in [-0.4, -0.2) is 20.2 Å². The summed E-state index contributed by atoms with van der Waals surface area (Å²) < 4.78 is 0. The average molecular weight is 274 g/mol. The van der Waals surface area contributed by atoms with Crippen LogP contribution in [0.15, 0.2) is 23.3 Å². The number of aromatic amines is 2. The molecule has 2 N–H and O–H groups in total. The Morgan fingerprint density at radius 2 is 2.11 bits per heavy atom. The molecule has 0 aliphatic heterocycles. The third-order valence-corrected chi connectivity index (χ3v) is 4.37. The number of fused-ring (bicyclic) bond motifs is 1. The van der Waals surface area contributed by atoms with Crippen LogP contribution in [0.2, 0.25) is 0 Å². The van der Waals surface area contributed by atoms with Gasteiger partial charge in [-0.3, -0.25) is 9.89 Å². The molecule has 0 saturated heterocycles. The highest BCUT2D eigenvalue weighted by molar-refractivity contribution is 7.18. The van der Waals surface area contributed by atoms with Gasteiger partial charge in [-0.1, -0.05) is 20.8 Å². The molecule has 0 amide bonds. The fourth-order valence-corrected chi connectivity index (χ4v) is 2.91. The van der Waals surface area contributed by atoms with Crippen molar-refractivity contribution in [2.45, 2.75) is 26.2 Å². The Morgan fingerprint density at radius 3 is 2.74 bits per heavy atom. The number of H-pyrrole nitrogens is 2. The number of thiophene rings is 1. The van der Waals surface area contributed by atoms with E-state index >= 15 is 0 Å². The third-order valence-electron chi connectivity index (χ3n) is 2.91. The maximum absolute atomic E-state index is 12.1. The number of nitrogens with one attached hydrogen (secondary N) is 2. The molecule has 0 radical (unpaired) electrons. The summed E-state index contributed by atoms with van der Waals surface area (Å²) in [5.74, 6) is 0.550. The minimum absolute atomic E-state index is 0.0214. The average Bonchev–Trinajstić information content (AvgIpc) is 2.96. The predicted molar refractivity (Wildman–Crippen MR) is 76.5 cm³/mol. The van der Waals surface area contributed by atoms with Crippen molar-refractivity contribution in [1.82, 2.24) is 20.2 Å². The van der Waals surface area contributed by atoms with Gasteiger partial charge in [0.1, 0.15) is 10.7 Å². The molecule has 0 unspecified atom stereocenters. The van der Waals surface area contributed by atoms with Gasteiger partial charge in [0.2, 0.25) is 0 Å². The van der Waals surface area contributed by atoms with Crippen molar-refractivity contribution in [3.63, 3.8) is 0 Å². The molecular formula is C13H14N4OS. The smallest absolute Gasteiger partial charge is 0.259 e. The zero-order valence-corrected chi connectivity index (χ0v) is 11.8. The molecule has 0 atom stereocenters. The van der Waals surface area contributed by atoms with Gasteiger partial charge in [-0.2, -0.15) is 5.10 Å². The summed E-state index contributed by atoms with van der Waals surface area (Å²) in [5, 5.41) is 7.24. The minimum atomic E-state index is -0.104. The van der Waals surface area contributed by atoms with E-state index in [0.717, 1.165) is 15.3 Å². The van der Waals surface area contributed by atoms with Crippen molar-refractivity contribution in [2.75, 3.05) is 0 Å². The van der Waals surface area contributed by atoms with Crippen LogP contribution >= 0.6 is 11.3 Å². The van der Waals surface area contributed by atoms with E-state index in [4.69, 9.17) is 0 Å². The summed E-state index contributed by atoms with van der Waals surface area (Å²) >= 11 is 1.57. The van der Waals surface area contributed by atoms with E-state index in [1.54, 1.807) is 23.7 Å². The van der Waals surface area contributed by atoms with Crippen molar-refractivity contribution in [1.29, 1.82) is 0 Å². The normalized spacial score (nSPS) is 12.2. The molecule has 98 valence electrons. The summed E-state index contributed by atoms with van der Waals surface area (Å²) in [4.78, 5) is 21.4. The highest BCUT2D eigenvalue weighted by Gasteiger charge is 2.19. The Kier molecular flexibility index (Phi) is 2.56. The first-order valence-electron chi connectivity index (χ1n) is 5.98. The Bertz CT molecular complexity index is 777. The highest BCUT2D eigenvalue weighted by Crippen LogP contribution is 2.32. The molecule has 3 aromatic rings. The molecule has 19 heavy (non-hydrogen) atoms. The number of hydrogen-bond acceptors (Lipinski definition) is 4. The first-order chi connectivity index (χ1) is 8.95. The molecule has 3 heterocycles. The summed E-state index contributed by atoms with van der Waals surface area (Å²) in [6, 6.07) is 1.94. The van der Waals surface area contributed by atoms with Crippen LogP contribution in [0.25, 0.3) is 21.6 Å². The van der Waals surface area contributed by atoms with Gasteiger partial charge in [0, 0.05) is 11.1 Å². The lowest BCUT2D eigenvalue weighted by molar-refractivity contribution is 0.604. The van der Waals surface area contributed by atoms with E-state index < -0.39 is 0 Å². The highest BCUT2D eigenvalue weighted by atomic mass is 32.1. The summed E-state index contributed by atoms with van der Waals surface area (Å²) in [7, 11) is 0. The zero-order valence-electron chi connectivity index (χ0n) is 10.9. The van der Waals surface area contributed by atoms with Crippen LogP contribution in [0.1, 0.15) is 25.6 Å². The Labute approximate surface area is 113 Å². The Balaban J connectivity index is 2.24. The molecule has 0 saturated carbocycles. The van der Waals surface area contributed by atoms with Crippen LogP contribution in [-0.2, 0) is 5.41 Å². The second-order valence-electron chi connectivity index (χ2n) is 5.48. The van der Waals surface area contributed by atoms with E-state index in [1.165, 1.54) is 0 Å². The van der Waals surface area contributed by atoms with Gasteiger partial charge >= 0.3 is 0 Å². The van der Waals surface area contributed by atoms with Crippen molar-refractivity contribution in [2.24, 2.45) is 0 Å². The van der Waals surface area contributed by atoms with Crippen LogP contribution < -0.4 is 5.56 Å². The van der Waals surface area contributed by atoms with E-state index in [-0.39, 0.29) is 11.0 Å². The molecule has 5 nitrogen and oxygen atoms in total. The number of nitrogens with zero attached hydrogens (tertiary/aromatic N) is 2. The van der Waals surface area contributed by atoms with E-state index in [9.17, 15) is 4.79 Å². The first kappa shape index (κ1) is 12.1. The van der Waals surface area contributed by atoms with Crippen molar-refractivity contribution >= 4 is 21.6 Å². The van der Waals surface area contributed by atoms with E-state index in [0.29, 0.717) is 11.2 Å². The van der Waals surface area contributed by atoms with E-state index in [2.05, 4.69) is 40.9 Å².